The maximum Gasteiger partial charge on any atom is 0.325 e. The molecular formula is C12H16N2O2. The molecule has 1 saturated carbocycles. The van der Waals surface area contributed by atoms with E-state index in [4.69, 9.17) is 6.42 Å². The van der Waals surface area contributed by atoms with Crippen LogP contribution in [0.2, 0.25) is 0 Å². The lowest BCUT2D eigenvalue weighted by Gasteiger charge is -2.39. The Hall–Kier alpha value is -1.50. The largest absolute Gasteiger partial charge is 0.325 e. The molecule has 16 heavy (non-hydrogen) atoms. The first-order valence-corrected chi connectivity index (χ1v) is 5.66. The molecule has 1 saturated heterocycles. The number of urea groups is 1. The molecule has 0 aromatic carbocycles. The molecule has 1 aliphatic heterocycles. The van der Waals surface area contributed by atoms with E-state index in [1.807, 2.05) is 0 Å². The number of imide groups is 1. The fourth-order valence-corrected chi connectivity index (χ4v) is 2.65. The van der Waals surface area contributed by atoms with Crippen LogP contribution in [0.5, 0.6) is 0 Å². The van der Waals surface area contributed by atoms with E-state index in [2.05, 4.69) is 18.2 Å². The molecule has 4 heteroatoms. The highest BCUT2D eigenvalue weighted by Crippen LogP contribution is 2.38. The SMILES string of the molecule is C#CCN1C(=O)NC(=O)C12CCC(C)CC2. The van der Waals surface area contributed by atoms with E-state index in [0.29, 0.717) is 5.92 Å². The Bertz CT molecular complexity index is 362. The van der Waals surface area contributed by atoms with Crippen molar-refractivity contribution in [2.75, 3.05) is 6.54 Å². The maximum absolute atomic E-state index is 11.9. The van der Waals surface area contributed by atoms with Crippen LogP contribution in [0.15, 0.2) is 0 Å². The lowest BCUT2D eigenvalue weighted by molar-refractivity contribution is -0.128. The van der Waals surface area contributed by atoms with Crippen LogP contribution in [0.4, 0.5) is 4.79 Å². The van der Waals surface area contributed by atoms with E-state index in [-0.39, 0.29) is 18.5 Å². The molecule has 0 radical (unpaired) electrons. The molecule has 1 heterocycles. The van der Waals surface area contributed by atoms with E-state index in [0.717, 1.165) is 25.7 Å². The lowest BCUT2D eigenvalue weighted by Crippen LogP contribution is -2.51. The molecule has 86 valence electrons. The zero-order valence-electron chi connectivity index (χ0n) is 9.45. The van der Waals surface area contributed by atoms with Crippen molar-refractivity contribution in [1.82, 2.24) is 10.2 Å². The first-order valence-electron chi connectivity index (χ1n) is 5.66. The van der Waals surface area contributed by atoms with Crippen molar-refractivity contribution in [2.45, 2.75) is 38.1 Å². The molecule has 0 aromatic rings. The van der Waals surface area contributed by atoms with Crippen LogP contribution in [0.1, 0.15) is 32.6 Å². The van der Waals surface area contributed by atoms with Crippen LogP contribution in [0.3, 0.4) is 0 Å². The summed E-state index contributed by atoms with van der Waals surface area (Å²) in [4.78, 5) is 25.1. The minimum Gasteiger partial charge on any atom is -0.299 e. The molecule has 4 nitrogen and oxygen atoms in total. The van der Waals surface area contributed by atoms with Crippen LogP contribution in [-0.2, 0) is 4.79 Å². The van der Waals surface area contributed by atoms with E-state index in [1.54, 1.807) is 0 Å². The van der Waals surface area contributed by atoms with Crippen molar-refractivity contribution in [3.63, 3.8) is 0 Å². The Balaban J connectivity index is 2.26. The van der Waals surface area contributed by atoms with Crippen molar-refractivity contribution in [2.24, 2.45) is 5.92 Å². The van der Waals surface area contributed by atoms with E-state index in [1.165, 1.54) is 4.90 Å². The summed E-state index contributed by atoms with van der Waals surface area (Å²) in [6.45, 7) is 2.39. The Morgan fingerprint density at radius 1 is 1.50 bits per heavy atom. The smallest absolute Gasteiger partial charge is 0.299 e. The lowest BCUT2D eigenvalue weighted by atomic mass is 9.76. The molecule has 1 N–H and O–H groups in total. The first-order chi connectivity index (χ1) is 7.60. The maximum atomic E-state index is 11.9. The Morgan fingerprint density at radius 2 is 2.12 bits per heavy atom. The topological polar surface area (TPSA) is 49.4 Å². The predicted octanol–water partition coefficient (Wildman–Crippen LogP) is 1.12. The van der Waals surface area contributed by atoms with Gasteiger partial charge in [-0.15, -0.1) is 6.42 Å². The van der Waals surface area contributed by atoms with Gasteiger partial charge in [-0.25, -0.2) is 4.79 Å². The van der Waals surface area contributed by atoms with Crippen LogP contribution >= 0.6 is 0 Å². The third-order valence-corrected chi connectivity index (χ3v) is 3.76. The van der Waals surface area contributed by atoms with Crippen molar-refractivity contribution in [3.8, 4) is 12.3 Å². The fraction of sp³-hybridized carbons (Fsp3) is 0.667. The predicted molar refractivity (Wildman–Crippen MR) is 59.4 cm³/mol. The Kier molecular flexibility index (Phi) is 2.63. The fourth-order valence-electron chi connectivity index (χ4n) is 2.65. The molecule has 0 bridgehead atoms. The van der Waals surface area contributed by atoms with Crippen LogP contribution in [-0.4, -0.2) is 28.9 Å². The van der Waals surface area contributed by atoms with E-state index in [9.17, 15) is 9.59 Å². The number of hydrogen-bond acceptors (Lipinski definition) is 2. The molecule has 1 aliphatic carbocycles. The minimum atomic E-state index is -0.657. The van der Waals surface area contributed by atoms with Crippen molar-refractivity contribution in [3.05, 3.63) is 0 Å². The summed E-state index contributed by atoms with van der Waals surface area (Å²) < 4.78 is 0. The number of amides is 3. The van der Waals surface area contributed by atoms with Gasteiger partial charge in [-0.2, -0.15) is 0 Å². The monoisotopic (exact) mass is 220 g/mol. The first kappa shape index (κ1) is 11.0. The van der Waals surface area contributed by atoms with Gasteiger partial charge in [0.15, 0.2) is 0 Å². The van der Waals surface area contributed by atoms with Gasteiger partial charge in [0.1, 0.15) is 5.54 Å². The molecule has 2 fully saturated rings. The average molecular weight is 220 g/mol. The van der Waals surface area contributed by atoms with Gasteiger partial charge in [0.25, 0.3) is 5.91 Å². The van der Waals surface area contributed by atoms with Crippen molar-refractivity contribution < 1.29 is 9.59 Å². The Morgan fingerprint density at radius 3 is 2.69 bits per heavy atom. The molecule has 0 aromatic heterocycles. The summed E-state index contributed by atoms with van der Waals surface area (Å²) >= 11 is 0. The highest BCUT2D eigenvalue weighted by molar-refractivity contribution is 6.07. The number of terminal acetylenes is 1. The molecular weight excluding hydrogens is 204 g/mol. The van der Waals surface area contributed by atoms with Gasteiger partial charge in [0.2, 0.25) is 0 Å². The zero-order valence-corrected chi connectivity index (χ0v) is 9.45. The van der Waals surface area contributed by atoms with Gasteiger partial charge in [0, 0.05) is 0 Å². The quantitative estimate of drug-likeness (QED) is 0.532. The normalized spacial score (nSPS) is 34.0. The third kappa shape index (κ3) is 1.47. The molecule has 2 rings (SSSR count). The van der Waals surface area contributed by atoms with E-state index < -0.39 is 5.54 Å². The second kappa shape index (κ2) is 3.82. The van der Waals surface area contributed by atoms with Gasteiger partial charge in [-0.05, 0) is 31.6 Å². The summed E-state index contributed by atoms with van der Waals surface area (Å²) in [6.07, 6.45) is 8.66. The van der Waals surface area contributed by atoms with Gasteiger partial charge in [-0.3, -0.25) is 15.0 Å². The highest BCUT2D eigenvalue weighted by atomic mass is 16.2. The zero-order chi connectivity index (χ0) is 11.8. The van der Waals surface area contributed by atoms with Crippen LogP contribution in [0.25, 0.3) is 0 Å². The number of nitrogens with one attached hydrogen (secondary N) is 1. The summed E-state index contributed by atoms with van der Waals surface area (Å²) in [6, 6.07) is -0.336. The van der Waals surface area contributed by atoms with Crippen LogP contribution in [0, 0.1) is 18.3 Å². The van der Waals surface area contributed by atoms with E-state index >= 15 is 0 Å². The Labute approximate surface area is 95.4 Å². The van der Waals surface area contributed by atoms with Crippen molar-refractivity contribution >= 4 is 11.9 Å². The van der Waals surface area contributed by atoms with Gasteiger partial charge < -0.3 is 0 Å². The van der Waals surface area contributed by atoms with Crippen LogP contribution < -0.4 is 5.32 Å². The second-order valence-electron chi connectivity index (χ2n) is 4.76. The number of nitrogens with zero attached hydrogens (tertiary/aromatic N) is 1. The number of carbonyl (C=O) groups excluding carboxylic acids is 2. The molecule has 2 aliphatic rings. The number of rotatable bonds is 1. The molecule has 0 atom stereocenters. The van der Waals surface area contributed by atoms with Gasteiger partial charge in [-0.1, -0.05) is 12.8 Å². The summed E-state index contributed by atoms with van der Waals surface area (Å²) in [7, 11) is 0. The average Bonchev–Trinajstić information content (AvgIpc) is 2.48. The standard InChI is InChI=1S/C12H16N2O2/c1-3-8-14-11(16)13-10(15)12(14)6-4-9(2)5-7-12/h1,9H,4-8H2,2H3,(H,13,15,16). The van der Waals surface area contributed by atoms with Gasteiger partial charge >= 0.3 is 6.03 Å². The molecule has 3 amide bonds. The summed E-state index contributed by atoms with van der Waals surface area (Å²) in [5.74, 6) is 2.92. The molecule has 0 unspecified atom stereocenters. The summed E-state index contributed by atoms with van der Waals surface area (Å²) in [5.41, 5.74) is -0.657. The number of carbonyl (C=O) groups is 2. The third-order valence-electron chi connectivity index (χ3n) is 3.76. The summed E-state index contributed by atoms with van der Waals surface area (Å²) in [5, 5.41) is 2.38. The van der Waals surface area contributed by atoms with Crippen molar-refractivity contribution in [1.29, 1.82) is 0 Å². The number of hydrogen-bond donors (Lipinski definition) is 1. The highest BCUT2D eigenvalue weighted by Gasteiger charge is 2.53. The second-order valence-corrected chi connectivity index (χ2v) is 4.76. The van der Waals surface area contributed by atoms with Gasteiger partial charge in [0.05, 0.1) is 6.54 Å². The minimum absolute atomic E-state index is 0.167. The molecule has 1 spiro atoms.